The van der Waals surface area contributed by atoms with Gasteiger partial charge in [0.15, 0.2) is 5.13 Å². The molecule has 19 heavy (non-hydrogen) atoms. The van der Waals surface area contributed by atoms with E-state index in [0.717, 1.165) is 15.3 Å². The van der Waals surface area contributed by atoms with Crippen molar-refractivity contribution in [3.63, 3.8) is 0 Å². The van der Waals surface area contributed by atoms with Crippen LogP contribution in [0.25, 0.3) is 10.2 Å². The van der Waals surface area contributed by atoms with Crippen molar-refractivity contribution in [3.05, 3.63) is 23.2 Å². The summed E-state index contributed by atoms with van der Waals surface area (Å²) in [6.07, 6.45) is 0. The van der Waals surface area contributed by atoms with Gasteiger partial charge in [0, 0.05) is 18.6 Å². The van der Waals surface area contributed by atoms with Crippen LogP contribution in [0.2, 0.25) is 5.02 Å². The number of carbonyl (C=O) groups excluding carboxylic acids is 1. The van der Waals surface area contributed by atoms with Gasteiger partial charge in [0.1, 0.15) is 0 Å². The van der Waals surface area contributed by atoms with Gasteiger partial charge in [-0.2, -0.15) is 0 Å². The molecule has 1 amide bonds. The molecule has 0 aliphatic carbocycles. The highest BCUT2D eigenvalue weighted by atomic mass is 35.5. The fourth-order valence-electron chi connectivity index (χ4n) is 1.69. The van der Waals surface area contributed by atoms with Crippen LogP contribution in [0.4, 0.5) is 5.13 Å². The molecule has 0 unspecified atom stereocenters. The van der Waals surface area contributed by atoms with Crippen molar-refractivity contribution < 1.29 is 4.79 Å². The van der Waals surface area contributed by atoms with Gasteiger partial charge in [-0.3, -0.25) is 4.79 Å². The maximum absolute atomic E-state index is 11.7. The summed E-state index contributed by atoms with van der Waals surface area (Å²) in [5.41, 5.74) is 0.391. The molecule has 0 bridgehead atoms. The lowest BCUT2D eigenvalue weighted by molar-refractivity contribution is -0.128. The Hall–Kier alpha value is -1.33. The molecule has 1 heterocycles. The van der Waals surface area contributed by atoms with E-state index in [9.17, 15) is 4.79 Å². The number of fused-ring (bicyclic) bond motifs is 1. The Labute approximate surface area is 121 Å². The van der Waals surface area contributed by atoms with Crippen LogP contribution in [-0.2, 0) is 4.79 Å². The standard InChI is InChI=1S/C13H16ClN3OS/c1-13(2,11(18)15-3)7-16-12-17-9-6-8(14)4-5-10(9)19-12/h4-6H,7H2,1-3H3,(H,15,18)(H,16,17). The van der Waals surface area contributed by atoms with E-state index in [-0.39, 0.29) is 5.91 Å². The van der Waals surface area contributed by atoms with Gasteiger partial charge in [-0.25, -0.2) is 4.98 Å². The van der Waals surface area contributed by atoms with Crippen molar-refractivity contribution in [1.29, 1.82) is 0 Å². The number of halogens is 1. The minimum Gasteiger partial charge on any atom is -0.360 e. The summed E-state index contributed by atoms with van der Waals surface area (Å²) in [6.45, 7) is 4.31. The number of anilines is 1. The molecule has 2 rings (SSSR count). The molecule has 0 atom stereocenters. The molecule has 2 N–H and O–H groups in total. The SMILES string of the molecule is CNC(=O)C(C)(C)CNc1nc2cc(Cl)ccc2s1. The molecule has 0 aliphatic rings. The number of aromatic nitrogens is 1. The molecular formula is C13H16ClN3OS. The summed E-state index contributed by atoms with van der Waals surface area (Å²) in [5.74, 6) is 0.00385. The van der Waals surface area contributed by atoms with Crippen molar-refractivity contribution in [2.75, 3.05) is 18.9 Å². The average Bonchev–Trinajstić information content (AvgIpc) is 2.77. The predicted molar refractivity (Wildman–Crippen MR) is 81.0 cm³/mol. The molecule has 0 aliphatic heterocycles. The number of benzene rings is 1. The Kier molecular flexibility index (Phi) is 3.96. The normalized spacial score (nSPS) is 11.6. The average molecular weight is 298 g/mol. The number of thiazole rings is 1. The first kappa shape index (κ1) is 14.1. The van der Waals surface area contributed by atoms with Crippen LogP contribution in [0.3, 0.4) is 0 Å². The van der Waals surface area contributed by atoms with Gasteiger partial charge < -0.3 is 10.6 Å². The maximum atomic E-state index is 11.7. The topological polar surface area (TPSA) is 54.0 Å². The van der Waals surface area contributed by atoms with Crippen molar-refractivity contribution in [2.45, 2.75) is 13.8 Å². The number of hydrogen-bond donors (Lipinski definition) is 2. The molecule has 1 aromatic heterocycles. The molecule has 2 aromatic rings. The molecule has 0 radical (unpaired) electrons. The first-order valence-electron chi connectivity index (χ1n) is 5.94. The van der Waals surface area contributed by atoms with Gasteiger partial charge in [0.2, 0.25) is 5.91 Å². The molecule has 0 saturated heterocycles. The van der Waals surface area contributed by atoms with Crippen LogP contribution in [0, 0.1) is 5.41 Å². The van der Waals surface area contributed by atoms with Gasteiger partial charge >= 0.3 is 0 Å². The fraction of sp³-hybridized carbons (Fsp3) is 0.385. The second-order valence-corrected chi connectivity index (χ2v) is 6.41. The number of nitrogens with one attached hydrogen (secondary N) is 2. The van der Waals surface area contributed by atoms with Gasteiger partial charge in [-0.05, 0) is 32.0 Å². The third-order valence-corrected chi connectivity index (χ3v) is 4.10. The summed E-state index contributed by atoms with van der Waals surface area (Å²) in [7, 11) is 1.64. The molecule has 4 nitrogen and oxygen atoms in total. The highest BCUT2D eigenvalue weighted by Gasteiger charge is 2.26. The summed E-state index contributed by atoms with van der Waals surface area (Å²) in [5, 5.41) is 7.35. The quantitative estimate of drug-likeness (QED) is 0.911. The van der Waals surface area contributed by atoms with Crippen molar-refractivity contribution in [3.8, 4) is 0 Å². The van der Waals surface area contributed by atoms with E-state index >= 15 is 0 Å². The lowest BCUT2D eigenvalue weighted by Gasteiger charge is -2.22. The molecule has 0 fully saturated rings. The van der Waals surface area contributed by atoms with E-state index < -0.39 is 5.41 Å². The third kappa shape index (κ3) is 3.16. The fourth-order valence-corrected chi connectivity index (χ4v) is 2.70. The van der Waals surface area contributed by atoms with Crippen LogP contribution in [0.15, 0.2) is 18.2 Å². The largest absolute Gasteiger partial charge is 0.360 e. The third-order valence-electron chi connectivity index (χ3n) is 2.87. The van der Waals surface area contributed by atoms with E-state index in [0.29, 0.717) is 11.6 Å². The first-order valence-corrected chi connectivity index (χ1v) is 7.14. The zero-order valence-corrected chi connectivity index (χ0v) is 12.7. The van der Waals surface area contributed by atoms with E-state index in [1.165, 1.54) is 0 Å². The van der Waals surface area contributed by atoms with Gasteiger partial charge in [0.05, 0.1) is 15.6 Å². The molecule has 0 saturated carbocycles. The van der Waals surface area contributed by atoms with Gasteiger partial charge in [-0.15, -0.1) is 0 Å². The number of amides is 1. The smallest absolute Gasteiger partial charge is 0.227 e. The Morgan fingerprint density at radius 3 is 2.89 bits per heavy atom. The maximum Gasteiger partial charge on any atom is 0.227 e. The Morgan fingerprint density at radius 2 is 2.21 bits per heavy atom. The van der Waals surface area contributed by atoms with E-state index in [1.807, 2.05) is 32.0 Å². The van der Waals surface area contributed by atoms with Crippen LogP contribution in [0.5, 0.6) is 0 Å². The number of rotatable bonds is 4. The Balaban J connectivity index is 2.12. The van der Waals surface area contributed by atoms with Crippen molar-refractivity contribution in [1.82, 2.24) is 10.3 Å². The highest BCUT2D eigenvalue weighted by molar-refractivity contribution is 7.22. The van der Waals surface area contributed by atoms with Gasteiger partial charge in [-0.1, -0.05) is 22.9 Å². The predicted octanol–water partition coefficient (Wildman–Crippen LogP) is 3.13. The summed E-state index contributed by atoms with van der Waals surface area (Å²) < 4.78 is 1.07. The van der Waals surface area contributed by atoms with Crippen LogP contribution in [0.1, 0.15) is 13.8 Å². The summed E-state index contributed by atoms with van der Waals surface area (Å²) in [6, 6.07) is 5.63. The highest BCUT2D eigenvalue weighted by Crippen LogP contribution is 2.28. The van der Waals surface area contributed by atoms with E-state index in [1.54, 1.807) is 18.4 Å². The number of carbonyl (C=O) groups is 1. The van der Waals surface area contributed by atoms with E-state index in [2.05, 4.69) is 15.6 Å². The van der Waals surface area contributed by atoms with Crippen LogP contribution in [-0.4, -0.2) is 24.5 Å². The van der Waals surface area contributed by atoms with Crippen molar-refractivity contribution in [2.24, 2.45) is 5.41 Å². The number of hydrogen-bond acceptors (Lipinski definition) is 4. The molecule has 102 valence electrons. The van der Waals surface area contributed by atoms with Crippen molar-refractivity contribution >= 4 is 44.2 Å². The molecule has 1 aromatic carbocycles. The Bertz CT molecular complexity index is 609. The summed E-state index contributed by atoms with van der Waals surface area (Å²) >= 11 is 7.48. The van der Waals surface area contributed by atoms with Crippen LogP contribution >= 0.6 is 22.9 Å². The minimum absolute atomic E-state index is 0.00385. The molecular weight excluding hydrogens is 282 g/mol. The first-order chi connectivity index (χ1) is 8.92. The lowest BCUT2D eigenvalue weighted by atomic mass is 9.92. The summed E-state index contributed by atoms with van der Waals surface area (Å²) in [4.78, 5) is 16.1. The molecule has 0 spiro atoms. The second kappa shape index (κ2) is 5.35. The minimum atomic E-state index is -0.482. The second-order valence-electron chi connectivity index (χ2n) is 4.95. The number of nitrogens with zero attached hydrogens (tertiary/aromatic N) is 1. The zero-order chi connectivity index (χ0) is 14.0. The van der Waals surface area contributed by atoms with Gasteiger partial charge in [0.25, 0.3) is 0 Å². The van der Waals surface area contributed by atoms with Crippen LogP contribution < -0.4 is 10.6 Å². The lowest BCUT2D eigenvalue weighted by Crippen LogP contribution is -2.39. The van der Waals surface area contributed by atoms with E-state index in [4.69, 9.17) is 11.6 Å². The zero-order valence-electron chi connectivity index (χ0n) is 11.1. The molecule has 6 heteroatoms. The Morgan fingerprint density at radius 1 is 1.47 bits per heavy atom. The monoisotopic (exact) mass is 297 g/mol.